The number of urea groups is 1. The van der Waals surface area contributed by atoms with Gasteiger partial charge < -0.3 is 19.5 Å². The molecule has 1 aliphatic rings. The second-order valence-corrected chi connectivity index (χ2v) is 6.37. The van der Waals surface area contributed by atoms with Gasteiger partial charge in [-0.05, 0) is 30.2 Å². The van der Waals surface area contributed by atoms with E-state index in [0.29, 0.717) is 29.4 Å². The van der Waals surface area contributed by atoms with Gasteiger partial charge in [0.25, 0.3) is 0 Å². The van der Waals surface area contributed by atoms with Gasteiger partial charge in [-0.25, -0.2) is 9.79 Å². The average molecular weight is 382 g/mol. The zero-order chi connectivity index (χ0) is 20.1. The van der Waals surface area contributed by atoms with E-state index in [9.17, 15) is 9.59 Å². The van der Waals surface area contributed by atoms with Crippen LogP contribution in [-0.4, -0.2) is 31.9 Å². The minimum absolute atomic E-state index is 0.396. The number of amides is 2. The minimum atomic E-state index is -0.705. The lowest BCUT2D eigenvalue weighted by atomic mass is 9.88. The van der Waals surface area contributed by atoms with Crippen LogP contribution in [0.5, 0.6) is 11.5 Å². The molecule has 28 heavy (non-hydrogen) atoms. The molecule has 0 aliphatic carbocycles. The van der Waals surface area contributed by atoms with E-state index >= 15 is 0 Å². The third-order valence-corrected chi connectivity index (χ3v) is 4.58. The van der Waals surface area contributed by atoms with Crippen molar-refractivity contribution < 1.29 is 23.8 Å². The van der Waals surface area contributed by atoms with Crippen LogP contribution in [-0.2, 0) is 16.1 Å². The van der Waals surface area contributed by atoms with Gasteiger partial charge in [-0.15, -0.1) is 0 Å². The standard InChI is InChI=1S/C21H22N2O5/c1-13-18(20(24)27-3)19(23-21(25)22-13)15-9-10-16(17(11-15)26-2)28-12-14-7-5-4-6-8-14/h4-11,18-19H,12H2,1-3H3,(H,23,25). The number of nitrogens with one attached hydrogen (secondary N) is 1. The van der Waals surface area contributed by atoms with E-state index in [-0.39, 0.29) is 0 Å². The van der Waals surface area contributed by atoms with Crippen LogP contribution in [0.3, 0.4) is 0 Å². The number of esters is 1. The van der Waals surface area contributed by atoms with Crippen molar-refractivity contribution in [3.05, 3.63) is 59.7 Å². The SMILES string of the molecule is COC(=O)C1C(C)=NC(=O)NC1c1ccc(OCc2ccccc2)c(OC)c1. The van der Waals surface area contributed by atoms with Crippen LogP contribution in [0.1, 0.15) is 24.1 Å². The number of carbonyl (C=O) groups is 2. The molecule has 1 aliphatic heterocycles. The van der Waals surface area contributed by atoms with Crippen molar-refractivity contribution in [2.24, 2.45) is 10.9 Å². The van der Waals surface area contributed by atoms with E-state index in [1.54, 1.807) is 32.2 Å². The second-order valence-electron chi connectivity index (χ2n) is 6.37. The van der Waals surface area contributed by atoms with Crippen LogP contribution < -0.4 is 14.8 Å². The zero-order valence-corrected chi connectivity index (χ0v) is 16.0. The fourth-order valence-corrected chi connectivity index (χ4v) is 3.16. The molecule has 3 rings (SSSR count). The summed E-state index contributed by atoms with van der Waals surface area (Å²) in [7, 11) is 2.85. The molecule has 0 radical (unpaired) electrons. The van der Waals surface area contributed by atoms with Crippen LogP contribution in [0.2, 0.25) is 0 Å². The molecular weight excluding hydrogens is 360 g/mol. The van der Waals surface area contributed by atoms with E-state index in [4.69, 9.17) is 14.2 Å². The zero-order valence-electron chi connectivity index (χ0n) is 16.0. The monoisotopic (exact) mass is 382 g/mol. The Morgan fingerprint density at radius 3 is 2.54 bits per heavy atom. The summed E-state index contributed by atoms with van der Waals surface area (Å²) in [6.07, 6.45) is 0. The van der Waals surface area contributed by atoms with Gasteiger partial charge in [0.1, 0.15) is 12.5 Å². The van der Waals surface area contributed by atoms with E-state index in [1.165, 1.54) is 7.11 Å². The third-order valence-electron chi connectivity index (χ3n) is 4.58. The summed E-state index contributed by atoms with van der Waals surface area (Å²) >= 11 is 0. The minimum Gasteiger partial charge on any atom is -0.493 e. The van der Waals surface area contributed by atoms with E-state index < -0.39 is 24.0 Å². The maximum atomic E-state index is 12.2. The maximum Gasteiger partial charge on any atom is 0.341 e. The van der Waals surface area contributed by atoms with E-state index in [0.717, 1.165) is 5.56 Å². The number of rotatable bonds is 6. The van der Waals surface area contributed by atoms with Crippen LogP contribution in [0.25, 0.3) is 0 Å². The summed E-state index contributed by atoms with van der Waals surface area (Å²) in [4.78, 5) is 28.0. The molecule has 7 heteroatoms. The molecule has 0 fully saturated rings. The van der Waals surface area contributed by atoms with Crippen LogP contribution >= 0.6 is 0 Å². The van der Waals surface area contributed by atoms with Crippen molar-refractivity contribution in [3.63, 3.8) is 0 Å². The molecule has 2 atom stereocenters. The molecule has 2 amide bonds. The van der Waals surface area contributed by atoms with Crippen molar-refractivity contribution in [1.29, 1.82) is 0 Å². The van der Waals surface area contributed by atoms with Crippen molar-refractivity contribution in [3.8, 4) is 11.5 Å². The molecule has 7 nitrogen and oxygen atoms in total. The van der Waals surface area contributed by atoms with Gasteiger partial charge in [0, 0.05) is 5.71 Å². The lowest BCUT2D eigenvalue weighted by Crippen LogP contribution is -2.44. The molecule has 0 saturated heterocycles. The molecule has 0 aromatic heterocycles. The van der Waals surface area contributed by atoms with Gasteiger partial charge in [0.05, 0.1) is 20.3 Å². The molecule has 0 spiro atoms. The quantitative estimate of drug-likeness (QED) is 0.775. The first-order valence-electron chi connectivity index (χ1n) is 8.81. The van der Waals surface area contributed by atoms with Crippen molar-refractivity contribution in [2.75, 3.05) is 14.2 Å². The Kier molecular flexibility index (Phi) is 5.93. The van der Waals surface area contributed by atoms with Gasteiger partial charge in [0.15, 0.2) is 11.5 Å². The first kappa shape index (κ1) is 19.4. The molecule has 1 heterocycles. The van der Waals surface area contributed by atoms with Gasteiger partial charge >= 0.3 is 12.0 Å². The normalized spacial score (nSPS) is 18.7. The summed E-state index contributed by atoms with van der Waals surface area (Å²) in [5.74, 6) is -0.0955. The Morgan fingerprint density at radius 1 is 1.11 bits per heavy atom. The van der Waals surface area contributed by atoms with Crippen LogP contribution in [0.4, 0.5) is 4.79 Å². The topological polar surface area (TPSA) is 86.2 Å². The third kappa shape index (κ3) is 4.14. The Labute approximate surface area is 163 Å². The summed E-state index contributed by atoms with van der Waals surface area (Å²) in [5.41, 5.74) is 2.14. The van der Waals surface area contributed by atoms with Gasteiger partial charge in [-0.2, -0.15) is 0 Å². The molecular formula is C21H22N2O5. The highest BCUT2D eigenvalue weighted by Crippen LogP contribution is 2.35. The molecule has 0 bridgehead atoms. The smallest absolute Gasteiger partial charge is 0.341 e. The van der Waals surface area contributed by atoms with Crippen molar-refractivity contribution >= 4 is 17.7 Å². The number of methoxy groups -OCH3 is 2. The lowest BCUT2D eigenvalue weighted by Gasteiger charge is -2.29. The molecule has 146 valence electrons. The average Bonchev–Trinajstić information content (AvgIpc) is 2.71. The van der Waals surface area contributed by atoms with Gasteiger partial charge in [0.2, 0.25) is 0 Å². The highest BCUT2D eigenvalue weighted by atomic mass is 16.5. The van der Waals surface area contributed by atoms with Crippen LogP contribution in [0.15, 0.2) is 53.5 Å². The Balaban J connectivity index is 1.86. The Morgan fingerprint density at radius 2 is 1.86 bits per heavy atom. The maximum absolute atomic E-state index is 12.2. The van der Waals surface area contributed by atoms with Crippen LogP contribution in [0, 0.1) is 5.92 Å². The summed E-state index contributed by atoms with van der Waals surface area (Å²) in [6, 6.07) is 14.0. The molecule has 0 saturated carbocycles. The predicted octanol–water partition coefficient (Wildman–Crippen LogP) is 3.29. The number of aliphatic imine (C=N–C) groups is 1. The number of benzene rings is 2. The first-order valence-corrected chi connectivity index (χ1v) is 8.81. The largest absolute Gasteiger partial charge is 0.493 e. The van der Waals surface area contributed by atoms with Crippen molar-refractivity contribution in [1.82, 2.24) is 5.32 Å². The van der Waals surface area contributed by atoms with E-state index in [2.05, 4.69) is 10.3 Å². The summed E-state index contributed by atoms with van der Waals surface area (Å²) < 4.78 is 16.2. The number of carbonyl (C=O) groups excluding carboxylic acids is 2. The van der Waals surface area contributed by atoms with Crippen molar-refractivity contribution in [2.45, 2.75) is 19.6 Å². The summed E-state index contributed by atoms with van der Waals surface area (Å²) in [6.45, 7) is 2.04. The highest BCUT2D eigenvalue weighted by Gasteiger charge is 2.38. The fraction of sp³-hybridized carbons (Fsp3) is 0.286. The Hall–Kier alpha value is -3.35. The highest BCUT2D eigenvalue weighted by molar-refractivity contribution is 6.08. The van der Waals surface area contributed by atoms with Gasteiger partial charge in [-0.1, -0.05) is 36.4 Å². The molecule has 2 unspecified atom stereocenters. The summed E-state index contributed by atoms with van der Waals surface area (Å²) in [5, 5.41) is 2.73. The second kappa shape index (κ2) is 8.56. The number of nitrogens with zero attached hydrogens (tertiary/aromatic N) is 1. The predicted molar refractivity (Wildman–Crippen MR) is 104 cm³/mol. The first-order chi connectivity index (χ1) is 13.5. The number of hydrogen-bond donors (Lipinski definition) is 1. The molecule has 2 aromatic rings. The molecule has 1 N–H and O–H groups in total. The lowest BCUT2D eigenvalue weighted by molar-refractivity contribution is -0.143. The van der Waals surface area contributed by atoms with E-state index in [1.807, 2.05) is 30.3 Å². The Bertz CT molecular complexity index is 895. The van der Waals surface area contributed by atoms with Gasteiger partial charge in [-0.3, -0.25) is 4.79 Å². The number of hydrogen-bond acceptors (Lipinski definition) is 5. The number of ether oxygens (including phenoxy) is 3. The fourth-order valence-electron chi connectivity index (χ4n) is 3.16. The molecule has 2 aromatic carbocycles.